The zero-order chi connectivity index (χ0) is 38.9. The number of hydrazine groups is 1. The highest BCUT2D eigenvalue weighted by Gasteiger charge is 2.37. The Morgan fingerprint density at radius 3 is 2.62 bits per heavy atom. The second-order valence-corrected chi connectivity index (χ2v) is 12.3. The Morgan fingerprint density at radius 2 is 1.98 bits per heavy atom. The van der Waals surface area contributed by atoms with E-state index in [2.05, 4.69) is 27.8 Å². The van der Waals surface area contributed by atoms with E-state index in [1.807, 2.05) is 0 Å². The Bertz CT molecular complexity index is 1780. The second-order valence-electron chi connectivity index (χ2n) is 11.9. The molecule has 4 rings (SSSR count). The molecule has 0 aliphatic carbocycles. The maximum absolute atomic E-state index is 14.5. The van der Waals surface area contributed by atoms with Gasteiger partial charge in [0.15, 0.2) is 17.3 Å². The summed E-state index contributed by atoms with van der Waals surface area (Å²) < 4.78 is 51.2. The fourth-order valence-corrected chi connectivity index (χ4v) is 5.92. The van der Waals surface area contributed by atoms with Crippen LogP contribution in [0.1, 0.15) is 44.0 Å². The molecule has 286 valence electrons. The minimum absolute atomic E-state index is 0.0107. The number of aliphatic hydroxyl groups excluding tert-OH is 1. The van der Waals surface area contributed by atoms with Crippen molar-refractivity contribution in [1.82, 2.24) is 25.6 Å². The number of nitrogens with zero attached hydrogens (tertiary/aromatic N) is 4. The minimum atomic E-state index is -4.64. The molecule has 2 aliphatic rings. The number of aliphatic hydroxyl groups is 1. The van der Waals surface area contributed by atoms with Crippen molar-refractivity contribution >= 4 is 47.9 Å². The predicted molar refractivity (Wildman–Crippen MR) is 191 cm³/mol. The van der Waals surface area contributed by atoms with E-state index >= 15 is 0 Å². The first-order chi connectivity index (χ1) is 25.2. The van der Waals surface area contributed by atoms with Crippen LogP contribution in [0.3, 0.4) is 0 Å². The number of para-hydroxylation sites is 1. The summed E-state index contributed by atoms with van der Waals surface area (Å²) in [6.45, 7) is 7.12. The standard InChI is InChI=1S/C34H41ClF3N9O6/c1-4-26-29(45(13-11-42-18-48)12-10-24(40)30(50)20(2)39)33(51)47(44-32(41-3)22-6-5-7-27-31(22)53-15-14-52-27)19-46(26)17-28(49)43-25-9-8-21(16-23(25)35)34(36,37)38/h5-9,16,18,32,40,44,50H,3-4,10-15,17,19,39H2,1-2H3,(H,42,48)(H,43,49)/b30-20+,40-24?. The zero-order valence-corrected chi connectivity index (χ0v) is 29.8. The van der Waals surface area contributed by atoms with E-state index in [1.165, 1.54) is 11.9 Å². The van der Waals surface area contributed by atoms with E-state index in [0.29, 0.717) is 41.8 Å². The van der Waals surface area contributed by atoms with E-state index in [0.717, 1.165) is 12.1 Å². The van der Waals surface area contributed by atoms with Gasteiger partial charge in [-0.25, -0.2) is 5.43 Å². The first-order valence-corrected chi connectivity index (χ1v) is 16.8. The van der Waals surface area contributed by atoms with Gasteiger partial charge in [-0.2, -0.15) is 13.2 Å². The summed E-state index contributed by atoms with van der Waals surface area (Å²) in [5, 5.41) is 24.6. The van der Waals surface area contributed by atoms with Crippen LogP contribution in [0.4, 0.5) is 18.9 Å². The number of ether oxygens (including phenoxy) is 2. The van der Waals surface area contributed by atoms with E-state index in [-0.39, 0.29) is 80.1 Å². The molecule has 7 N–H and O–H groups in total. The summed E-state index contributed by atoms with van der Waals surface area (Å²) in [6, 6.07) is 7.74. The number of halogens is 4. The molecule has 2 aromatic rings. The molecular weight excluding hydrogens is 723 g/mol. The van der Waals surface area contributed by atoms with Crippen molar-refractivity contribution in [2.24, 2.45) is 10.7 Å². The van der Waals surface area contributed by atoms with Gasteiger partial charge >= 0.3 is 6.18 Å². The molecule has 0 saturated carbocycles. The molecule has 1 atom stereocenters. The van der Waals surface area contributed by atoms with Crippen LogP contribution in [0.2, 0.25) is 5.02 Å². The second kappa shape index (κ2) is 17.8. The normalized spacial score (nSPS) is 15.4. The third-order valence-electron chi connectivity index (χ3n) is 8.22. The van der Waals surface area contributed by atoms with Gasteiger partial charge in [-0.15, -0.1) is 0 Å². The lowest BCUT2D eigenvalue weighted by Gasteiger charge is -2.43. The summed E-state index contributed by atoms with van der Waals surface area (Å²) in [7, 11) is 0. The zero-order valence-electron chi connectivity index (χ0n) is 29.1. The van der Waals surface area contributed by atoms with Crippen molar-refractivity contribution in [3.05, 3.63) is 75.4 Å². The molecule has 2 aromatic carbocycles. The SMILES string of the molecule is C=NC(NN1CN(CC(=O)Nc2ccc(C(F)(F)F)cc2Cl)C(CC)=C(N(CCNC=O)CCC(=N)/C(O)=C(/C)N)C1=O)c1cccc2c1OCCO2. The number of fused-ring (bicyclic) bond motifs is 1. The Hall–Kier alpha value is -5.49. The fraction of sp³-hybridized carbons (Fsp3) is 0.382. The summed E-state index contributed by atoms with van der Waals surface area (Å²) in [5.41, 5.74) is 8.61. The van der Waals surface area contributed by atoms with Crippen molar-refractivity contribution in [3.8, 4) is 11.5 Å². The van der Waals surface area contributed by atoms with Crippen LogP contribution in [0, 0.1) is 5.41 Å². The van der Waals surface area contributed by atoms with Crippen LogP contribution >= 0.6 is 11.6 Å². The monoisotopic (exact) mass is 763 g/mol. The largest absolute Gasteiger partial charge is 0.504 e. The number of hydrogen-bond acceptors (Lipinski definition) is 12. The fourth-order valence-electron chi connectivity index (χ4n) is 5.70. The first-order valence-electron chi connectivity index (χ1n) is 16.4. The average Bonchev–Trinajstić information content (AvgIpc) is 3.12. The number of nitrogens with one attached hydrogen (secondary N) is 4. The van der Waals surface area contributed by atoms with Crippen LogP contribution in [0.25, 0.3) is 0 Å². The number of alkyl halides is 3. The van der Waals surface area contributed by atoms with Crippen LogP contribution in [-0.2, 0) is 20.6 Å². The van der Waals surface area contributed by atoms with Crippen LogP contribution < -0.4 is 31.3 Å². The Balaban J connectivity index is 1.73. The van der Waals surface area contributed by atoms with Gasteiger partial charge in [-0.3, -0.25) is 24.4 Å². The predicted octanol–water partition coefficient (Wildman–Crippen LogP) is 3.90. The van der Waals surface area contributed by atoms with E-state index in [1.54, 1.807) is 34.9 Å². The highest BCUT2D eigenvalue weighted by Crippen LogP contribution is 2.38. The molecule has 0 saturated heterocycles. The number of aliphatic imine (C=N–C) groups is 1. The van der Waals surface area contributed by atoms with Gasteiger partial charge in [-0.1, -0.05) is 30.7 Å². The number of amides is 3. The molecule has 15 nitrogen and oxygen atoms in total. The third-order valence-corrected chi connectivity index (χ3v) is 8.54. The van der Waals surface area contributed by atoms with Crippen LogP contribution in [0.5, 0.6) is 11.5 Å². The summed E-state index contributed by atoms with van der Waals surface area (Å²) in [4.78, 5) is 46.6. The molecule has 2 heterocycles. The van der Waals surface area contributed by atoms with Crippen LogP contribution in [-0.4, -0.2) is 96.6 Å². The lowest BCUT2D eigenvalue weighted by molar-refractivity contribution is -0.139. The molecule has 0 bridgehead atoms. The summed E-state index contributed by atoms with van der Waals surface area (Å²) in [5.74, 6) is -0.726. The smallest absolute Gasteiger partial charge is 0.416 e. The lowest BCUT2D eigenvalue weighted by atomic mass is 10.1. The van der Waals surface area contributed by atoms with E-state index in [9.17, 15) is 32.7 Å². The minimum Gasteiger partial charge on any atom is -0.504 e. The quantitative estimate of drug-likeness (QED) is 0.0595. The van der Waals surface area contributed by atoms with Crippen molar-refractivity contribution in [1.29, 1.82) is 5.41 Å². The van der Waals surface area contributed by atoms with Crippen molar-refractivity contribution < 1.29 is 42.1 Å². The first kappa shape index (κ1) is 40.3. The van der Waals surface area contributed by atoms with E-state index in [4.69, 9.17) is 32.2 Å². The highest BCUT2D eigenvalue weighted by molar-refractivity contribution is 6.33. The van der Waals surface area contributed by atoms with Gasteiger partial charge in [0.05, 0.1) is 28.5 Å². The summed E-state index contributed by atoms with van der Waals surface area (Å²) >= 11 is 6.11. The molecule has 53 heavy (non-hydrogen) atoms. The number of nitrogens with two attached hydrogens (primary N) is 1. The molecule has 0 radical (unpaired) electrons. The van der Waals surface area contributed by atoms with Crippen LogP contribution in [0.15, 0.2) is 64.2 Å². The average molecular weight is 764 g/mol. The maximum atomic E-state index is 14.5. The molecule has 0 spiro atoms. The van der Waals surface area contributed by atoms with Gasteiger partial charge in [0.1, 0.15) is 31.7 Å². The van der Waals surface area contributed by atoms with Gasteiger partial charge in [0.25, 0.3) is 5.91 Å². The van der Waals surface area contributed by atoms with Crippen molar-refractivity contribution in [2.45, 2.75) is 39.0 Å². The molecular formula is C34H41ClF3N9O6. The molecule has 3 amide bonds. The van der Waals surface area contributed by atoms with Gasteiger partial charge in [0, 0.05) is 43.0 Å². The molecule has 19 heteroatoms. The van der Waals surface area contributed by atoms with Gasteiger partial charge in [0.2, 0.25) is 12.3 Å². The van der Waals surface area contributed by atoms with Gasteiger partial charge < -0.3 is 46.2 Å². The molecule has 0 aromatic heterocycles. The number of anilines is 1. The number of rotatable bonds is 17. The molecule has 2 aliphatic heterocycles. The highest BCUT2D eigenvalue weighted by atomic mass is 35.5. The number of hydrogen-bond donors (Lipinski definition) is 6. The lowest BCUT2D eigenvalue weighted by Crippen LogP contribution is -2.57. The maximum Gasteiger partial charge on any atom is 0.416 e. The third kappa shape index (κ3) is 9.89. The number of benzene rings is 2. The Labute approximate surface area is 308 Å². The van der Waals surface area contributed by atoms with Crippen molar-refractivity contribution in [3.63, 3.8) is 0 Å². The summed E-state index contributed by atoms with van der Waals surface area (Å²) in [6.07, 6.45) is -4.92. The number of carbonyl (C=O) groups excluding carboxylic acids is 3. The van der Waals surface area contributed by atoms with Gasteiger partial charge in [-0.05, 0) is 44.3 Å². The van der Waals surface area contributed by atoms with Crippen molar-refractivity contribution in [2.75, 3.05) is 51.4 Å². The molecule has 0 fully saturated rings. The molecule has 1 unspecified atom stereocenters. The number of allylic oxidation sites excluding steroid dienone is 3. The topological polar surface area (TPSA) is 198 Å². The van der Waals surface area contributed by atoms with E-state index < -0.39 is 35.5 Å². The Morgan fingerprint density at radius 1 is 1.25 bits per heavy atom. The Kier molecular flexibility index (Phi) is 13.5. The number of carbonyl (C=O) groups is 3.